The maximum absolute atomic E-state index is 12.8. The molecule has 1 aliphatic heterocycles. The molecule has 1 fully saturated rings. The van der Waals surface area contributed by atoms with E-state index in [9.17, 15) is 13.2 Å². The molecule has 0 aliphatic carbocycles. The summed E-state index contributed by atoms with van der Waals surface area (Å²) in [5.74, 6) is 0. The molecule has 0 saturated carbocycles. The van der Waals surface area contributed by atoms with Gasteiger partial charge in [0.25, 0.3) is 0 Å². The molecule has 1 aliphatic rings. The fourth-order valence-electron chi connectivity index (χ4n) is 2.64. The molecule has 112 valence electrons. The van der Waals surface area contributed by atoms with Gasteiger partial charge in [0.15, 0.2) is 0 Å². The third-order valence-electron chi connectivity index (χ3n) is 3.80. The van der Waals surface area contributed by atoms with Crippen molar-refractivity contribution in [3.05, 3.63) is 29.8 Å². The van der Waals surface area contributed by atoms with Crippen molar-refractivity contribution in [3.8, 4) is 0 Å². The zero-order valence-corrected chi connectivity index (χ0v) is 12.1. The van der Waals surface area contributed by atoms with Gasteiger partial charge in [-0.15, -0.1) is 0 Å². The first-order chi connectivity index (χ1) is 9.23. The minimum Gasteiger partial charge on any atom is -0.365 e. The van der Waals surface area contributed by atoms with Gasteiger partial charge < -0.3 is 10.2 Å². The van der Waals surface area contributed by atoms with Gasteiger partial charge >= 0.3 is 6.18 Å². The molecule has 0 spiro atoms. The minimum absolute atomic E-state index is 0.0973. The molecule has 5 heteroatoms. The molecule has 1 aromatic carbocycles. The van der Waals surface area contributed by atoms with Gasteiger partial charge in [0.05, 0.1) is 5.56 Å². The fourth-order valence-corrected chi connectivity index (χ4v) is 2.64. The van der Waals surface area contributed by atoms with Crippen LogP contribution < -0.4 is 10.2 Å². The molecule has 1 aromatic rings. The van der Waals surface area contributed by atoms with Gasteiger partial charge in [0.1, 0.15) is 0 Å². The normalized spacial score (nSPS) is 22.9. The lowest BCUT2D eigenvalue weighted by Crippen LogP contribution is -2.61. The Balaban J connectivity index is 2.32. The lowest BCUT2D eigenvalue weighted by Gasteiger charge is -2.46. The number of hydrogen-bond acceptors (Lipinski definition) is 2. The number of anilines is 1. The van der Waals surface area contributed by atoms with Crippen LogP contribution in [0.1, 0.15) is 32.8 Å². The van der Waals surface area contributed by atoms with Crippen molar-refractivity contribution in [1.82, 2.24) is 5.32 Å². The number of benzene rings is 1. The van der Waals surface area contributed by atoms with Crippen LogP contribution in [0.5, 0.6) is 0 Å². The fraction of sp³-hybridized carbons (Fsp3) is 0.600. The van der Waals surface area contributed by atoms with Gasteiger partial charge in [-0.3, -0.25) is 0 Å². The monoisotopic (exact) mass is 286 g/mol. The predicted octanol–water partition coefficient (Wildman–Crippen LogP) is 3.67. The summed E-state index contributed by atoms with van der Waals surface area (Å²) in [5.41, 5.74) is -0.0256. The van der Waals surface area contributed by atoms with Gasteiger partial charge in [0, 0.05) is 30.4 Å². The molecule has 0 bridgehead atoms. The molecule has 2 rings (SSSR count). The molecule has 1 unspecified atom stereocenters. The average molecular weight is 286 g/mol. The van der Waals surface area contributed by atoms with Crippen LogP contribution in [0.2, 0.25) is 0 Å². The number of nitrogens with one attached hydrogen (secondary N) is 1. The zero-order chi connectivity index (χ0) is 15.0. The van der Waals surface area contributed by atoms with Gasteiger partial charge in [0.2, 0.25) is 0 Å². The first kappa shape index (κ1) is 15.2. The summed E-state index contributed by atoms with van der Waals surface area (Å²) in [6.07, 6.45) is -3.39. The number of piperazine rings is 1. The van der Waals surface area contributed by atoms with Crippen LogP contribution in [0.15, 0.2) is 24.3 Å². The highest BCUT2D eigenvalue weighted by Crippen LogP contribution is 2.33. The van der Waals surface area contributed by atoms with E-state index in [1.165, 1.54) is 12.1 Å². The van der Waals surface area contributed by atoms with Crippen molar-refractivity contribution in [2.75, 3.05) is 18.0 Å². The highest BCUT2D eigenvalue weighted by molar-refractivity contribution is 5.51. The highest BCUT2D eigenvalue weighted by atomic mass is 19.4. The largest absolute Gasteiger partial charge is 0.416 e. The standard InChI is InChI=1S/C15H21F3N2/c1-4-12-9-19-14(2,3)10-20(12)13-7-5-6-11(8-13)15(16,17)18/h5-8,12,19H,4,9-10H2,1-3H3. The Morgan fingerprint density at radius 1 is 1.35 bits per heavy atom. The molecule has 1 atom stereocenters. The second-order valence-electron chi connectivity index (χ2n) is 6.00. The Morgan fingerprint density at radius 3 is 2.65 bits per heavy atom. The van der Waals surface area contributed by atoms with E-state index in [1.807, 2.05) is 0 Å². The number of hydrogen-bond donors (Lipinski definition) is 1. The minimum atomic E-state index is -4.29. The third kappa shape index (κ3) is 3.26. The van der Waals surface area contributed by atoms with E-state index in [0.29, 0.717) is 12.2 Å². The maximum atomic E-state index is 12.8. The summed E-state index contributed by atoms with van der Waals surface area (Å²) < 4.78 is 38.5. The Labute approximate surface area is 118 Å². The number of halogens is 3. The van der Waals surface area contributed by atoms with E-state index in [4.69, 9.17) is 0 Å². The molecular formula is C15H21F3N2. The van der Waals surface area contributed by atoms with E-state index in [0.717, 1.165) is 19.0 Å². The van der Waals surface area contributed by atoms with Crippen molar-refractivity contribution in [2.45, 2.75) is 44.9 Å². The molecule has 0 amide bonds. The van der Waals surface area contributed by atoms with E-state index in [2.05, 4.69) is 31.0 Å². The van der Waals surface area contributed by atoms with Crippen LogP contribution in [-0.4, -0.2) is 24.7 Å². The van der Waals surface area contributed by atoms with Crippen molar-refractivity contribution in [1.29, 1.82) is 0 Å². The summed E-state index contributed by atoms with van der Waals surface area (Å²) in [7, 11) is 0. The Kier molecular flexibility index (Phi) is 4.00. The van der Waals surface area contributed by atoms with Gasteiger partial charge in [-0.25, -0.2) is 0 Å². The van der Waals surface area contributed by atoms with Crippen LogP contribution in [0.25, 0.3) is 0 Å². The zero-order valence-electron chi connectivity index (χ0n) is 12.1. The van der Waals surface area contributed by atoms with E-state index < -0.39 is 11.7 Å². The van der Waals surface area contributed by atoms with E-state index >= 15 is 0 Å². The summed E-state index contributed by atoms with van der Waals surface area (Å²) >= 11 is 0. The molecule has 1 N–H and O–H groups in total. The van der Waals surface area contributed by atoms with E-state index in [-0.39, 0.29) is 11.6 Å². The van der Waals surface area contributed by atoms with Crippen LogP contribution in [0, 0.1) is 0 Å². The summed E-state index contributed by atoms with van der Waals surface area (Å²) in [6.45, 7) is 7.69. The second kappa shape index (κ2) is 5.28. The van der Waals surface area contributed by atoms with Crippen molar-refractivity contribution in [3.63, 3.8) is 0 Å². The van der Waals surface area contributed by atoms with Gasteiger partial charge in [-0.05, 0) is 38.5 Å². The SMILES string of the molecule is CCC1CNC(C)(C)CN1c1cccc(C(F)(F)F)c1. The first-order valence-corrected chi connectivity index (χ1v) is 6.92. The quantitative estimate of drug-likeness (QED) is 0.892. The van der Waals surface area contributed by atoms with E-state index in [1.54, 1.807) is 6.07 Å². The van der Waals surface area contributed by atoms with Gasteiger partial charge in [-0.2, -0.15) is 13.2 Å². The smallest absolute Gasteiger partial charge is 0.365 e. The van der Waals surface area contributed by atoms with Crippen molar-refractivity contribution < 1.29 is 13.2 Å². The molecule has 2 nitrogen and oxygen atoms in total. The Morgan fingerprint density at radius 2 is 2.05 bits per heavy atom. The lowest BCUT2D eigenvalue weighted by molar-refractivity contribution is -0.137. The molecule has 1 heterocycles. The maximum Gasteiger partial charge on any atom is 0.416 e. The average Bonchev–Trinajstić information content (AvgIpc) is 2.37. The summed E-state index contributed by atoms with van der Waals surface area (Å²) in [6, 6.07) is 5.85. The molecule has 1 saturated heterocycles. The van der Waals surface area contributed by atoms with Crippen LogP contribution in [-0.2, 0) is 6.18 Å². The number of alkyl halides is 3. The molecule has 0 radical (unpaired) electrons. The first-order valence-electron chi connectivity index (χ1n) is 6.92. The topological polar surface area (TPSA) is 15.3 Å². The van der Waals surface area contributed by atoms with Crippen LogP contribution in [0.3, 0.4) is 0 Å². The van der Waals surface area contributed by atoms with Crippen LogP contribution in [0.4, 0.5) is 18.9 Å². The van der Waals surface area contributed by atoms with Crippen molar-refractivity contribution in [2.24, 2.45) is 0 Å². The Bertz CT molecular complexity index is 468. The van der Waals surface area contributed by atoms with Gasteiger partial charge in [-0.1, -0.05) is 13.0 Å². The van der Waals surface area contributed by atoms with Crippen molar-refractivity contribution >= 4 is 5.69 Å². The summed E-state index contributed by atoms with van der Waals surface area (Å²) in [4.78, 5) is 2.09. The predicted molar refractivity (Wildman–Crippen MR) is 75.0 cm³/mol. The number of nitrogens with zero attached hydrogens (tertiary/aromatic N) is 1. The number of rotatable bonds is 2. The Hall–Kier alpha value is -1.23. The molecular weight excluding hydrogens is 265 g/mol. The third-order valence-corrected chi connectivity index (χ3v) is 3.80. The second-order valence-corrected chi connectivity index (χ2v) is 6.00. The highest BCUT2D eigenvalue weighted by Gasteiger charge is 2.34. The summed E-state index contributed by atoms with van der Waals surface area (Å²) in [5, 5.41) is 3.44. The lowest BCUT2D eigenvalue weighted by atomic mass is 9.96. The molecule has 20 heavy (non-hydrogen) atoms. The van der Waals surface area contributed by atoms with Crippen LogP contribution >= 0.6 is 0 Å². The molecule has 0 aromatic heterocycles.